The number of carbonyl (C=O) groups excluding carboxylic acids is 1. The molecule has 5 heteroatoms. The Bertz CT molecular complexity index is 834. The van der Waals surface area contributed by atoms with Gasteiger partial charge < -0.3 is 10.1 Å². The first-order valence-corrected chi connectivity index (χ1v) is 7.89. The first-order chi connectivity index (χ1) is 11.8. The van der Waals surface area contributed by atoms with Crippen LogP contribution in [0.15, 0.2) is 54.6 Å². The Balaban J connectivity index is 2.03. The molecule has 122 valence electrons. The number of carbonyl (C=O) groups is 1. The molecule has 24 heavy (non-hydrogen) atoms. The highest BCUT2D eigenvalue weighted by atomic mass is 16.5. The van der Waals surface area contributed by atoms with Crippen molar-refractivity contribution >= 4 is 16.8 Å². The molecule has 0 aliphatic rings. The first-order valence-electron chi connectivity index (χ1n) is 7.89. The number of amides is 1. The maximum atomic E-state index is 12.8. The number of nitrogens with zero attached hydrogens (tertiary/aromatic N) is 2. The van der Waals surface area contributed by atoms with Gasteiger partial charge >= 0.3 is 0 Å². The predicted octanol–water partition coefficient (Wildman–Crippen LogP) is 3.06. The number of methoxy groups -OCH3 is 1. The lowest BCUT2D eigenvalue weighted by Gasteiger charge is -2.12. The zero-order valence-electron chi connectivity index (χ0n) is 13.5. The maximum Gasteiger partial charge on any atom is 0.254 e. The van der Waals surface area contributed by atoms with Crippen LogP contribution in [0.25, 0.3) is 22.2 Å². The van der Waals surface area contributed by atoms with Crippen molar-refractivity contribution in [1.82, 2.24) is 15.5 Å². The van der Waals surface area contributed by atoms with E-state index in [9.17, 15) is 4.79 Å². The van der Waals surface area contributed by atoms with Gasteiger partial charge in [-0.1, -0.05) is 48.5 Å². The van der Waals surface area contributed by atoms with Crippen LogP contribution in [0.5, 0.6) is 0 Å². The summed E-state index contributed by atoms with van der Waals surface area (Å²) in [5.41, 5.74) is 2.74. The zero-order chi connectivity index (χ0) is 16.8. The molecule has 0 saturated carbocycles. The number of hydrogen-bond acceptors (Lipinski definition) is 4. The molecule has 3 aromatic rings. The van der Waals surface area contributed by atoms with E-state index in [2.05, 4.69) is 15.5 Å². The van der Waals surface area contributed by atoms with Crippen molar-refractivity contribution in [2.24, 2.45) is 0 Å². The third-order valence-corrected chi connectivity index (χ3v) is 3.75. The van der Waals surface area contributed by atoms with Gasteiger partial charge in [0.25, 0.3) is 5.91 Å². The van der Waals surface area contributed by atoms with Gasteiger partial charge in [0, 0.05) is 31.2 Å². The Hall–Kier alpha value is -2.79. The molecule has 0 radical (unpaired) electrons. The van der Waals surface area contributed by atoms with Gasteiger partial charge in [0.05, 0.1) is 11.1 Å². The lowest BCUT2D eigenvalue weighted by atomic mass is 10.0. The normalized spacial score (nSPS) is 10.7. The second-order valence-electron chi connectivity index (χ2n) is 5.41. The molecule has 0 aliphatic heterocycles. The van der Waals surface area contributed by atoms with Crippen LogP contribution in [0, 0.1) is 0 Å². The topological polar surface area (TPSA) is 64.1 Å². The van der Waals surface area contributed by atoms with Gasteiger partial charge in [-0.05, 0) is 12.5 Å². The molecule has 0 fully saturated rings. The fraction of sp³-hybridized carbons (Fsp3) is 0.211. The second-order valence-corrected chi connectivity index (χ2v) is 5.41. The van der Waals surface area contributed by atoms with E-state index in [0.29, 0.717) is 29.9 Å². The van der Waals surface area contributed by atoms with Crippen LogP contribution in [-0.4, -0.2) is 36.4 Å². The van der Waals surface area contributed by atoms with Crippen molar-refractivity contribution in [3.8, 4) is 11.3 Å². The minimum atomic E-state index is -0.143. The molecule has 3 rings (SSSR count). The summed E-state index contributed by atoms with van der Waals surface area (Å²) in [4.78, 5) is 12.8. The van der Waals surface area contributed by atoms with Crippen molar-refractivity contribution in [2.75, 3.05) is 20.3 Å². The van der Waals surface area contributed by atoms with E-state index in [-0.39, 0.29) is 5.91 Å². The monoisotopic (exact) mass is 321 g/mol. The van der Waals surface area contributed by atoms with E-state index >= 15 is 0 Å². The largest absolute Gasteiger partial charge is 0.385 e. The lowest BCUT2D eigenvalue weighted by Crippen LogP contribution is -2.26. The molecule has 0 spiro atoms. The zero-order valence-corrected chi connectivity index (χ0v) is 13.5. The van der Waals surface area contributed by atoms with Gasteiger partial charge in [-0.2, -0.15) is 0 Å². The van der Waals surface area contributed by atoms with E-state index in [0.717, 1.165) is 17.4 Å². The molecule has 0 atom stereocenters. The molecule has 1 aromatic heterocycles. The van der Waals surface area contributed by atoms with Crippen LogP contribution in [-0.2, 0) is 4.74 Å². The lowest BCUT2D eigenvalue weighted by molar-refractivity contribution is 0.0950. The molecular weight excluding hydrogens is 302 g/mol. The van der Waals surface area contributed by atoms with Gasteiger partial charge in [0.1, 0.15) is 5.69 Å². The van der Waals surface area contributed by atoms with Crippen LogP contribution in [0.4, 0.5) is 0 Å². The average Bonchev–Trinajstić information content (AvgIpc) is 2.65. The SMILES string of the molecule is COCCCNC(=O)c1c(-c2ccccc2)nnc2ccccc12. The van der Waals surface area contributed by atoms with Crippen molar-refractivity contribution in [2.45, 2.75) is 6.42 Å². The number of rotatable bonds is 6. The molecule has 0 saturated heterocycles. The summed E-state index contributed by atoms with van der Waals surface area (Å²) in [5.74, 6) is -0.143. The van der Waals surface area contributed by atoms with Gasteiger partial charge in [-0.3, -0.25) is 4.79 Å². The average molecular weight is 321 g/mol. The Kier molecular flexibility index (Phi) is 5.13. The quantitative estimate of drug-likeness (QED) is 0.709. The van der Waals surface area contributed by atoms with Crippen LogP contribution < -0.4 is 5.32 Å². The highest BCUT2D eigenvalue weighted by Gasteiger charge is 2.18. The second kappa shape index (κ2) is 7.66. The molecule has 0 bridgehead atoms. The van der Waals surface area contributed by atoms with Gasteiger partial charge in [0.2, 0.25) is 0 Å². The fourth-order valence-corrected chi connectivity index (χ4v) is 2.59. The first kappa shape index (κ1) is 16.1. The molecule has 1 heterocycles. The van der Waals surface area contributed by atoms with Crippen molar-refractivity contribution in [3.05, 3.63) is 60.2 Å². The molecule has 5 nitrogen and oxygen atoms in total. The predicted molar refractivity (Wildman–Crippen MR) is 93.8 cm³/mol. The van der Waals surface area contributed by atoms with E-state index in [4.69, 9.17) is 4.74 Å². The third kappa shape index (κ3) is 3.41. The molecular formula is C19H19N3O2. The fourth-order valence-electron chi connectivity index (χ4n) is 2.59. The maximum absolute atomic E-state index is 12.8. The van der Waals surface area contributed by atoms with Crippen molar-refractivity contribution in [3.63, 3.8) is 0 Å². The summed E-state index contributed by atoms with van der Waals surface area (Å²) in [6.07, 6.45) is 0.763. The number of fused-ring (bicyclic) bond motifs is 1. The highest BCUT2D eigenvalue weighted by Crippen LogP contribution is 2.26. The summed E-state index contributed by atoms with van der Waals surface area (Å²) in [5, 5.41) is 12.3. The van der Waals surface area contributed by atoms with Gasteiger partial charge in [-0.25, -0.2) is 0 Å². The minimum Gasteiger partial charge on any atom is -0.385 e. The van der Waals surface area contributed by atoms with Gasteiger partial charge in [-0.15, -0.1) is 10.2 Å². The number of nitrogens with one attached hydrogen (secondary N) is 1. The highest BCUT2D eigenvalue weighted by molar-refractivity contribution is 6.10. The standard InChI is InChI=1S/C19H19N3O2/c1-24-13-7-12-20-19(23)17-15-10-5-6-11-16(15)21-22-18(17)14-8-3-2-4-9-14/h2-6,8-11H,7,12-13H2,1H3,(H,20,23). The Labute approximate surface area is 140 Å². The van der Waals surface area contributed by atoms with Gasteiger partial charge in [0.15, 0.2) is 0 Å². The summed E-state index contributed by atoms with van der Waals surface area (Å²) in [6, 6.07) is 17.2. The summed E-state index contributed by atoms with van der Waals surface area (Å²) in [6.45, 7) is 1.17. The summed E-state index contributed by atoms with van der Waals surface area (Å²) >= 11 is 0. The van der Waals surface area contributed by atoms with E-state index in [1.165, 1.54) is 0 Å². The Morgan fingerprint density at radius 3 is 2.58 bits per heavy atom. The van der Waals surface area contributed by atoms with E-state index < -0.39 is 0 Å². The van der Waals surface area contributed by atoms with Crippen LogP contribution in [0.1, 0.15) is 16.8 Å². The Morgan fingerprint density at radius 2 is 1.79 bits per heavy atom. The summed E-state index contributed by atoms with van der Waals surface area (Å²) in [7, 11) is 1.65. The minimum absolute atomic E-state index is 0.143. The third-order valence-electron chi connectivity index (χ3n) is 3.75. The molecule has 0 aliphatic carbocycles. The molecule has 1 amide bonds. The molecule has 1 N–H and O–H groups in total. The van der Waals surface area contributed by atoms with Crippen molar-refractivity contribution < 1.29 is 9.53 Å². The van der Waals surface area contributed by atoms with E-state index in [1.807, 2.05) is 54.6 Å². The number of benzene rings is 2. The van der Waals surface area contributed by atoms with E-state index in [1.54, 1.807) is 7.11 Å². The van der Waals surface area contributed by atoms with Crippen LogP contribution in [0.2, 0.25) is 0 Å². The molecule has 0 unspecified atom stereocenters. The number of hydrogen-bond donors (Lipinski definition) is 1. The van der Waals surface area contributed by atoms with Crippen LogP contribution >= 0.6 is 0 Å². The molecule has 2 aromatic carbocycles. The Morgan fingerprint density at radius 1 is 1.04 bits per heavy atom. The number of ether oxygens (including phenoxy) is 1. The number of aromatic nitrogens is 2. The van der Waals surface area contributed by atoms with Crippen LogP contribution in [0.3, 0.4) is 0 Å². The van der Waals surface area contributed by atoms with Crippen molar-refractivity contribution in [1.29, 1.82) is 0 Å². The summed E-state index contributed by atoms with van der Waals surface area (Å²) < 4.78 is 5.02. The smallest absolute Gasteiger partial charge is 0.254 e.